The molecule has 0 radical (unpaired) electrons. The normalized spacial score (nSPS) is 25.3. The number of esters is 1. The van der Waals surface area contributed by atoms with Gasteiger partial charge < -0.3 is 15.0 Å². The van der Waals surface area contributed by atoms with Crippen LogP contribution in [0.25, 0.3) is 0 Å². The van der Waals surface area contributed by atoms with E-state index >= 15 is 0 Å². The van der Waals surface area contributed by atoms with Crippen molar-refractivity contribution >= 4 is 22.2 Å². The zero-order valence-corrected chi connectivity index (χ0v) is 10.9. The first-order valence-corrected chi connectivity index (χ1v) is 4.79. The third-order valence-electron chi connectivity index (χ3n) is 1.78. The van der Waals surface area contributed by atoms with Crippen LogP contribution in [0.5, 0.6) is 0 Å². The number of β-lactam (4-membered cyclic amide) rings is 1. The Bertz CT molecular complexity index is 381. The van der Waals surface area contributed by atoms with Crippen molar-refractivity contribution in [1.82, 2.24) is 4.31 Å². The van der Waals surface area contributed by atoms with Gasteiger partial charge in [-0.2, -0.15) is 0 Å². The van der Waals surface area contributed by atoms with Gasteiger partial charge in [0.1, 0.15) is 6.04 Å². The first-order valence-electron chi connectivity index (χ1n) is 3.43. The van der Waals surface area contributed by atoms with Crippen LogP contribution in [0, 0.1) is 0 Å². The Morgan fingerprint density at radius 3 is 2.40 bits per heavy atom. The first-order chi connectivity index (χ1) is 6.30. The molecule has 0 unspecified atom stereocenters. The summed E-state index contributed by atoms with van der Waals surface area (Å²) in [5, 5.41) is 0. The average molecular weight is 246 g/mol. The van der Waals surface area contributed by atoms with Crippen LogP contribution in [0.15, 0.2) is 0 Å². The van der Waals surface area contributed by atoms with Gasteiger partial charge in [-0.05, 0) is 0 Å². The van der Waals surface area contributed by atoms with Crippen LogP contribution in [-0.2, 0) is 24.6 Å². The molecular weight excluding hydrogens is 239 g/mol. The molecule has 1 aliphatic heterocycles. The maximum Gasteiger partial charge on any atom is 1.00 e. The van der Waals surface area contributed by atoms with Crippen LogP contribution in [0.4, 0.5) is 0 Å². The summed E-state index contributed by atoms with van der Waals surface area (Å²) < 4.78 is 35.5. The number of carbonyl (C=O) groups is 2. The summed E-state index contributed by atoms with van der Waals surface area (Å²) in [5.41, 5.74) is 5.13. The minimum Gasteiger partial charge on any atom is -0.731 e. The maximum atomic E-state index is 10.9. The van der Waals surface area contributed by atoms with Gasteiger partial charge in [0, 0.05) is 0 Å². The molecule has 15 heavy (non-hydrogen) atoms. The fourth-order valence-electron chi connectivity index (χ4n) is 1.10. The molecule has 1 fully saturated rings. The number of nitrogens with zero attached hydrogens (tertiary/aromatic N) is 1. The topological polar surface area (TPSA) is 130 Å². The van der Waals surface area contributed by atoms with Crippen LogP contribution in [0.2, 0.25) is 0 Å². The van der Waals surface area contributed by atoms with Gasteiger partial charge in [0.25, 0.3) is 5.91 Å². The van der Waals surface area contributed by atoms with E-state index < -0.39 is 34.3 Å². The first kappa shape index (κ1) is 14.8. The van der Waals surface area contributed by atoms with Crippen molar-refractivity contribution in [3.8, 4) is 0 Å². The van der Waals surface area contributed by atoms with E-state index in [-0.39, 0.29) is 33.9 Å². The number of carbonyl (C=O) groups excluding carboxylic acids is 2. The van der Waals surface area contributed by atoms with Crippen LogP contribution >= 0.6 is 0 Å². The third-order valence-corrected chi connectivity index (χ3v) is 2.67. The number of ether oxygens (including phenoxy) is 1. The Kier molecular flexibility index (Phi) is 4.70. The molecule has 1 amide bonds. The smallest absolute Gasteiger partial charge is 0.731 e. The molecule has 0 saturated carbocycles. The van der Waals surface area contributed by atoms with E-state index in [0.29, 0.717) is 0 Å². The summed E-state index contributed by atoms with van der Waals surface area (Å²) >= 11 is 0. The van der Waals surface area contributed by atoms with Gasteiger partial charge in [-0.15, -0.1) is 0 Å². The summed E-state index contributed by atoms with van der Waals surface area (Å²) in [4.78, 5) is 21.8. The summed E-state index contributed by atoms with van der Waals surface area (Å²) in [6.45, 7) is 0. The summed E-state index contributed by atoms with van der Waals surface area (Å²) in [7, 11) is -4.01. The Hall–Kier alpha value is -0.190. The number of hydrogen-bond donors (Lipinski definition) is 1. The van der Waals surface area contributed by atoms with Gasteiger partial charge in [-0.1, -0.05) is 0 Å². The Balaban J connectivity index is 0.00000196. The molecule has 2 atom stereocenters. The van der Waals surface area contributed by atoms with E-state index in [9.17, 15) is 22.6 Å². The molecule has 1 heterocycles. The predicted octanol–water partition coefficient (Wildman–Crippen LogP) is -5.84. The zero-order chi connectivity index (χ0) is 11.1. The van der Waals surface area contributed by atoms with Gasteiger partial charge >= 0.3 is 35.5 Å². The second-order valence-corrected chi connectivity index (χ2v) is 3.83. The molecule has 1 saturated heterocycles. The van der Waals surface area contributed by atoms with Crippen molar-refractivity contribution in [2.75, 3.05) is 7.11 Å². The second kappa shape index (κ2) is 4.76. The zero-order valence-electron chi connectivity index (χ0n) is 8.04. The average Bonchev–Trinajstić information content (AvgIpc) is 2.09. The Morgan fingerprint density at radius 1 is 1.60 bits per heavy atom. The fourth-order valence-corrected chi connectivity index (χ4v) is 1.93. The van der Waals surface area contributed by atoms with Crippen molar-refractivity contribution in [2.45, 2.75) is 12.1 Å². The van der Waals surface area contributed by atoms with E-state index in [1.807, 2.05) is 0 Å². The molecule has 0 aromatic rings. The number of hydrogen-bond acceptors (Lipinski definition) is 7. The second-order valence-electron chi connectivity index (χ2n) is 2.59. The Morgan fingerprint density at radius 2 is 2.07 bits per heavy atom. The van der Waals surface area contributed by atoms with Crippen molar-refractivity contribution < 1.29 is 56.9 Å². The number of methoxy groups -OCH3 is 1. The molecule has 0 bridgehead atoms. The molecule has 1 rings (SSSR count). The van der Waals surface area contributed by atoms with Gasteiger partial charge in [0.05, 0.1) is 7.11 Å². The molecule has 2 N–H and O–H groups in total. The molecule has 80 valence electrons. The van der Waals surface area contributed by atoms with Gasteiger partial charge in [0.2, 0.25) is 0 Å². The molecule has 8 nitrogen and oxygen atoms in total. The third kappa shape index (κ3) is 2.49. The molecule has 0 aromatic carbocycles. The van der Waals surface area contributed by atoms with Crippen molar-refractivity contribution in [3.63, 3.8) is 0 Å². The largest absolute Gasteiger partial charge is 1.00 e. The minimum absolute atomic E-state index is 0. The van der Waals surface area contributed by atoms with Gasteiger partial charge in [-0.3, -0.25) is 4.79 Å². The summed E-state index contributed by atoms with van der Waals surface area (Å²) in [6, 6.07) is -2.86. The molecule has 0 aliphatic carbocycles. The monoisotopic (exact) mass is 246 g/mol. The Labute approximate surface area is 108 Å². The number of rotatable bonds is 2. The standard InChI is InChI=1S/C5H8N2O6S.Na/c1-13-5(9)3-2(6)4(8)7(3)14(10,11)12;/h2-3H,6H2,1H3,(H,10,11,12);/q;+1/p-1/t2-,3-;/m0./s1. The quantitative estimate of drug-likeness (QED) is 0.222. The van der Waals surface area contributed by atoms with Crippen LogP contribution < -0.4 is 35.3 Å². The molecule has 0 aromatic heterocycles. The van der Waals surface area contributed by atoms with E-state index in [0.717, 1.165) is 7.11 Å². The molecule has 0 spiro atoms. The summed E-state index contributed by atoms with van der Waals surface area (Å²) in [5.74, 6) is -2.13. The van der Waals surface area contributed by atoms with E-state index in [1.165, 1.54) is 0 Å². The van der Waals surface area contributed by atoms with Crippen molar-refractivity contribution in [2.24, 2.45) is 5.73 Å². The van der Waals surface area contributed by atoms with Gasteiger partial charge in [-0.25, -0.2) is 17.5 Å². The van der Waals surface area contributed by atoms with Crippen LogP contribution in [-0.4, -0.2) is 48.3 Å². The summed E-state index contributed by atoms with van der Waals surface area (Å²) in [6.07, 6.45) is 0. The number of amides is 1. The van der Waals surface area contributed by atoms with E-state index in [2.05, 4.69) is 4.74 Å². The predicted molar refractivity (Wildman–Crippen MR) is 40.3 cm³/mol. The molecular formula is C5H7N2NaO6S. The maximum absolute atomic E-state index is 10.9. The minimum atomic E-state index is -5.00. The SMILES string of the molecule is COC(=O)[C@@H]1[C@H](N)C(=O)N1S(=O)(=O)[O-].[Na+]. The fraction of sp³-hybridized carbons (Fsp3) is 0.600. The van der Waals surface area contributed by atoms with Gasteiger partial charge in [0.15, 0.2) is 16.3 Å². The molecule has 10 heteroatoms. The number of nitrogens with two attached hydrogens (primary N) is 1. The van der Waals surface area contributed by atoms with Crippen LogP contribution in [0.3, 0.4) is 0 Å². The van der Waals surface area contributed by atoms with Crippen molar-refractivity contribution in [3.05, 3.63) is 0 Å². The van der Waals surface area contributed by atoms with Crippen molar-refractivity contribution in [1.29, 1.82) is 0 Å². The van der Waals surface area contributed by atoms with E-state index in [4.69, 9.17) is 5.73 Å². The van der Waals surface area contributed by atoms with Crippen LogP contribution in [0.1, 0.15) is 0 Å². The molecule has 1 aliphatic rings. The van der Waals surface area contributed by atoms with E-state index in [1.54, 1.807) is 0 Å².